The summed E-state index contributed by atoms with van der Waals surface area (Å²) in [5, 5.41) is 8.63. The number of hydrogen-bond donors (Lipinski definition) is 0. The molecule has 112 valence electrons. The summed E-state index contributed by atoms with van der Waals surface area (Å²) in [6, 6.07) is 0.433. The van der Waals surface area contributed by atoms with E-state index in [2.05, 4.69) is 31.1 Å². The maximum atomic E-state index is 5.67. The van der Waals surface area contributed by atoms with Crippen molar-refractivity contribution < 1.29 is 4.42 Å². The van der Waals surface area contributed by atoms with E-state index in [0.29, 0.717) is 12.0 Å². The van der Waals surface area contributed by atoms with Crippen LogP contribution in [0.15, 0.2) is 10.6 Å². The highest BCUT2D eigenvalue weighted by molar-refractivity contribution is 5.10. The molecule has 0 amide bonds. The highest BCUT2D eigenvalue weighted by Gasteiger charge is 2.30. The van der Waals surface area contributed by atoms with Gasteiger partial charge in [0.05, 0.1) is 24.0 Å². The molecule has 1 saturated heterocycles. The molecule has 1 aliphatic carbocycles. The topological polar surface area (TPSA) is 60.0 Å². The molecule has 1 atom stereocenters. The van der Waals surface area contributed by atoms with Crippen LogP contribution < -0.4 is 0 Å². The normalized spacial score (nSPS) is 23.0. The molecule has 0 spiro atoms. The molecule has 2 aliphatic rings. The molecule has 6 heteroatoms. The van der Waals surface area contributed by atoms with Gasteiger partial charge in [0, 0.05) is 25.2 Å². The number of likely N-dealkylation sites (tertiary alicyclic amines) is 1. The minimum atomic E-state index is 0.433. The lowest BCUT2D eigenvalue weighted by Crippen LogP contribution is -2.21. The van der Waals surface area contributed by atoms with Crippen molar-refractivity contribution >= 4 is 0 Å². The Bertz CT molecular complexity index is 623. The van der Waals surface area contributed by atoms with Gasteiger partial charge in [-0.15, -0.1) is 5.10 Å². The minimum absolute atomic E-state index is 0.433. The van der Waals surface area contributed by atoms with Crippen LogP contribution in [0, 0.1) is 13.8 Å². The largest absolute Gasteiger partial charge is 0.444 e. The van der Waals surface area contributed by atoms with Gasteiger partial charge in [-0.25, -0.2) is 9.67 Å². The second-order valence-corrected chi connectivity index (χ2v) is 6.32. The lowest BCUT2D eigenvalue weighted by atomic mass is 10.2. The maximum absolute atomic E-state index is 5.67. The van der Waals surface area contributed by atoms with Gasteiger partial charge >= 0.3 is 0 Å². The third-order valence-corrected chi connectivity index (χ3v) is 4.58. The van der Waals surface area contributed by atoms with Crippen molar-refractivity contribution in [1.29, 1.82) is 0 Å². The molecule has 2 aromatic rings. The first kappa shape index (κ1) is 13.0. The monoisotopic (exact) mass is 287 g/mol. The Morgan fingerprint density at radius 2 is 2.14 bits per heavy atom. The number of hydrogen-bond acceptors (Lipinski definition) is 5. The van der Waals surface area contributed by atoms with Crippen LogP contribution in [0.3, 0.4) is 0 Å². The fourth-order valence-corrected chi connectivity index (χ4v) is 3.00. The predicted molar refractivity (Wildman–Crippen MR) is 76.9 cm³/mol. The zero-order chi connectivity index (χ0) is 14.4. The average molecular weight is 287 g/mol. The molecular weight excluding hydrogens is 266 g/mol. The van der Waals surface area contributed by atoms with Gasteiger partial charge in [-0.3, -0.25) is 4.90 Å². The van der Waals surface area contributed by atoms with E-state index in [1.807, 2.05) is 13.8 Å². The Labute approximate surface area is 124 Å². The molecule has 2 aromatic heterocycles. The van der Waals surface area contributed by atoms with Crippen LogP contribution in [-0.2, 0) is 6.54 Å². The molecule has 6 nitrogen and oxygen atoms in total. The van der Waals surface area contributed by atoms with Crippen molar-refractivity contribution in [2.24, 2.45) is 0 Å². The van der Waals surface area contributed by atoms with E-state index in [1.165, 1.54) is 18.5 Å². The first-order valence-corrected chi connectivity index (χ1v) is 7.76. The molecule has 0 radical (unpaired) electrons. The molecule has 0 bridgehead atoms. The Balaban J connectivity index is 1.39. The van der Waals surface area contributed by atoms with E-state index in [0.717, 1.165) is 43.4 Å². The molecule has 0 aromatic carbocycles. The van der Waals surface area contributed by atoms with Crippen LogP contribution in [0.2, 0.25) is 0 Å². The first-order valence-electron chi connectivity index (χ1n) is 7.76. The Morgan fingerprint density at radius 3 is 2.86 bits per heavy atom. The molecule has 1 saturated carbocycles. The summed E-state index contributed by atoms with van der Waals surface area (Å²) >= 11 is 0. The van der Waals surface area contributed by atoms with Crippen molar-refractivity contribution in [3.05, 3.63) is 29.2 Å². The standard InChI is InChI=1S/C15H21N5O/c1-10-11(2)21-15(16-10)9-19-6-5-13(7-19)20-8-14(17-18-20)12-3-4-12/h8,12-13H,3-7,9H2,1-2H3. The van der Waals surface area contributed by atoms with Crippen LogP contribution >= 0.6 is 0 Å². The van der Waals surface area contributed by atoms with Gasteiger partial charge in [0.25, 0.3) is 0 Å². The van der Waals surface area contributed by atoms with Crippen LogP contribution in [0.4, 0.5) is 0 Å². The Hall–Kier alpha value is -1.69. The van der Waals surface area contributed by atoms with Crippen LogP contribution in [0.1, 0.15) is 54.3 Å². The molecule has 1 aliphatic heterocycles. The Morgan fingerprint density at radius 1 is 1.29 bits per heavy atom. The van der Waals surface area contributed by atoms with Gasteiger partial charge in [-0.05, 0) is 33.1 Å². The second-order valence-electron chi connectivity index (χ2n) is 6.32. The van der Waals surface area contributed by atoms with Gasteiger partial charge in [0.15, 0.2) is 0 Å². The lowest BCUT2D eigenvalue weighted by molar-refractivity contribution is 0.274. The zero-order valence-corrected chi connectivity index (χ0v) is 12.6. The summed E-state index contributed by atoms with van der Waals surface area (Å²) in [6.07, 6.45) is 5.81. The number of oxazole rings is 1. The molecule has 0 N–H and O–H groups in total. The van der Waals surface area contributed by atoms with E-state index in [4.69, 9.17) is 4.42 Å². The number of rotatable bonds is 4. The number of aryl methyl sites for hydroxylation is 2. The SMILES string of the molecule is Cc1nc(CN2CCC(n3cc(C4CC4)nn3)C2)oc1C. The molecule has 2 fully saturated rings. The van der Waals surface area contributed by atoms with Crippen molar-refractivity contribution in [1.82, 2.24) is 24.9 Å². The molecule has 1 unspecified atom stereocenters. The van der Waals surface area contributed by atoms with Gasteiger partial charge in [-0.2, -0.15) is 0 Å². The third-order valence-electron chi connectivity index (χ3n) is 4.58. The van der Waals surface area contributed by atoms with Crippen molar-refractivity contribution in [3.8, 4) is 0 Å². The van der Waals surface area contributed by atoms with Crippen molar-refractivity contribution in [2.45, 2.75) is 51.6 Å². The van der Waals surface area contributed by atoms with E-state index >= 15 is 0 Å². The minimum Gasteiger partial charge on any atom is -0.444 e. The van der Waals surface area contributed by atoms with Gasteiger partial charge in [0.2, 0.25) is 5.89 Å². The van der Waals surface area contributed by atoms with Gasteiger partial charge in [0.1, 0.15) is 5.76 Å². The molecule has 21 heavy (non-hydrogen) atoms. The number of nitrogens with zero attached hydrogens (tertiary/aromatic N) is 5. The van der Waals surface area contributed by atoms with Crippen molar-refractivity contribution in [2.75, 3.05) is 13.1 Å². The highest BCUT2D eigenvalue weighted by atomic mass is 16.4. The summed E-state index contributed by atoms with van der Waals surface area (Å²) < 4.78 is 7.73. The number of aromatic nitrogens is 4. The van der Waals surface area contributed by atoms with Crippen LogP contribution in [0.5, 0.6) is 0 Å². The summed E-state index contributed by atoms with van der Waals surface area (Å²) in [5.74, 6) is 2.42. The van der Waals surface area contributed by atoms with Gasteiger partial charge in [-0.1, -0.05) is 5.21 Å². The van der Waals surface area contributed by atoms with E-state index < -0.39 is 0 Å². The fraction of sp³-hybridized carbons (Fsp3) is 0.667. The smallest absolute Gasteiger partial charge is 0.208 e. The van der Waals surface area contributed by atoms with Crippen molar-refractivity contribution in [3.63, 3.8) is 0 Å². The third kappa shape index (κ3) is 2.60. The fourth-order valence-electron chi connectivity index (χ4n) is 3.00. The first-order chi connectivity index (χ1) is 10.2. The zero-order valence-electron chi connectivity index (χ0n) is 12.6. The lowest BCUT2D eigenvalue weighted by Gasteiger charge is -2.13. The summed E-state index contributed by atoms with van der Waals surface area (Å²) in [4.78, 5) is 6.85. The average Bonchev–Trinajstić information content (AvgIpc) is 2.88. The van der Waals surface area contributed by atoms with E-state index in [1.54, 1.807) is 0 Å². The predicted octanol–water partition coefficient (Wildman–Crippen LogP) is 2.21. The second kappa shape index (κ2) is 4.94. The summed E-state index contributed by atoms with van der Waals surface area (Å²) in [6.45, 7) is 6.80. The maximum Gasteiger partial charge on any atom is 0.208 e. The van der Waals surface area contributed by atoms with Crippen LogP contribution in [-0.4, -0.2) is 38.0 Å². The summed E-state index contributed by atoms with van der Waals surface area (Å²) in [7, 11) is 0. The quantitative estimate of drug-likeness (QED) is 0.863. The highest BCUT2D eigenvalue weighted by Crippen LogP contribution is 2.39. The molecule has 4 rings (SSSR count). The summed E-state index contributed by atoms with van der Waals surface area (Å²) in [5.41, 5.74) is 2.17. The van der Waals surface area contributed by atoms with E-state index in [-0.39, 0.29) is 0 Å². The van der Waals surface area contributed by atoms with E-state index in [9.17, 15) is 0 Å². The van der Waals surface area contributed by atoms with Crippen LogP contribution in [0.25, 0.3) is 0 Å². The molecular formula is C15H21N5O. The molecule has 3 heterocycles. The Kier molecular flexibility index (Phi) is 3.06. The van der Waals surface area contributed by atoms with Gasteiger partial charge < -0.3 is 4.42 Å².